The van der Waals surface area contributed by atoms with Crippen molar-refractivity contribution in [3.8, 4) is 0 Å². The number of esters is 1. The third-order valence-electron chi connectivity index (χ3n) is 1.49. The van der Waals surface area contributed by atoms with Crippen LogP contribution in [-0.4, -0.2) is 21.0 Å². The summed E-state index contributed by atoms with van der Waals surface area (Å²) < 4.78 is 26.6. The van der Waals surface area contributed by atoms with Crippen molar-refractivity contribution in [1.29, 1.82) is 0 Å². The lowest BCUT2D eigenvalue weighted by atomic mass is 10.3. The lowest BCUT2D eigenvalue weighted by molar-refractivity contribution is 0.0505. The van der Waals surface area contributed by atoms with Gasteiger partial charge in [0, 0.05) is 16.1 Å². The first-order valence-corrected chi connectivity index (χ1v) is 7.34. The molecular weight excluding hydrogens is 260 g/mol. The normalized spacial score (nSPS) is 11.3. The number of ether oxygens (including phenoxy) is 1. The molecule has 0 atom stereocenters. The Hall–Kier alpha value is -0.590. The topological polar surface area (TPSA) is 60.4 Å². The molecule has 0 aliphatic heterocycles. The fourth-order valence-electron chi connectivity index (χ4n) is 0.830. The standard InChI is InChI=1S/C8H9ClO4S2/c1-2-3-13-8(10)6-4-7(14-5-6)15(9,11)12/h4-5H,2-3H2,1H3. The van der Waals surface area contributed by atoms with E-state index >= 15 is 0 Å². The van der Waals surface area contributed by atoms with Crippen LogP contribution in [0.3, 0.4) is 0 Å². The Labute approximate surface area is 96.2 Å². The average Bonchev–Trinajstić information content (AvgIpc) is 2.62. The molecule has 15 heavy (non-hydrogen) atoms. The number of hydrogen-bond donors (Lipinski definition) is 0. The summed E-state index contributed by atoms with van der Waals surface area (Å²) in [6, 6.07) is 1.21. The van der Waals surface area contributed by atoms with Crippen LogP contribution in [0, 0.1) is 0 Å². The van der Waals surface area contributed by atoms with Gasteiger partial charge in [0.15, 0.2) is 0 Å². The van der Waals surface area contributed by atoms with E-state index in [9.17, 15) is 13.2 Å². The van der Waals surface area contributed by atoms with Gasteiger partial charge in [0.2, 0.25) is 0 Å². The Kier molecular flexibility index (Phi) is 4.12. The van der Waals surface area contributed by atoms with Crippen molar-refractivity contribution in [3.63, 3.8) is 0 Å². The summed E-state index contributed by atoms with van der Waals surface area (Å²) in [6.07, 6.45) is 0.719. The largest absolute Gasteiger partial charge is 0.462 e. The minimum Gasteiger partial charge on any atom is -0.462 e. The number of carbonyl (C=O) groups excluding carboxylic acids is 1. The molecule has 1 rings (SSSR count). The van der Waals surface area contributed by atoms with E-state index in [2.05, 4.69) is 0 Å². The Morgan fingerprint density at radius 2 is 2.27 bits per heavy atom. The second kappa shape index (κ2) is 4.96. The molecule has 0 aromatic carbocycles. The Bertz CT molecular complexity index is 449. The van der Waals surface area contributed by atoms with E-state index in [4.69, 9.17) is 15.4 Å². The third-order valence-corrected chi connectivity index (χ3v) is 4.53. The van der Waals surface area contributed by atoms with Crippen LogP contribution in [0.2, 0.25) is 0 Å². The molecule has 0 N–H and O–H groups in total. The number of carbonyl (C=O) groups is 1. The predicted octanol–water partition coefficient (Wildman–Crippen LogP) is 2.24. The molecule has 0 saturated heterocycles. The van der Waals surface area contributed by atoms with Crippen molar-refractivity contribution in [2.45, 2.75) is 17.6 Å². The lowest BCUT2D eigenvalue weighted by Gasteiger charge is -1.99. The molecule has 0 saturated carbocycles. The molecule has 0 bridgehead atoms. The monoisotopic (exact) mass is 268 g/mol. The maximum atomic E-state index is 11.3. The highest BCUT2D eigenvalue weighted by Gasteiger charge is 2.17. The minimum atomic E-state index is -3.75. The van der Waals surface area contributed by atoms with Crippen LogP contribution in [0.5, 0.6) is 0 Å². The third kappa shape index (κ3) is 3.48. The van der Waals surface area contributed by atoms with Gasteiger partial charge in [-0.15, -0.1) is 11.3 Å². The highest BCUT2D eigenvalue weighted by atomic mass is 35.7. The van der Waals surface area contributed by atoms with Crippen LogP contribution in [0.15, 0.2) is 15.7 Å². The predicted molar refractivity (Wildman–Crippen MR) is 57.9 cm³/mol. The van der Waals surface area contributed by atoms with Gasteiger partial charge < -0.3 is 4.74 Å². The summed E-state index contributed by atoms with van der Waals surface area (Å²) in [5, 5.41) is 1.41. The van der Waals surface area contributed by atoms with Gasteiger partial charge in [-0.2, -0.15) is 0 Å². The summed E-state index contributed by atoms with van der Waals surface area (Å²) in [6.45, 7) is 2.19. The maximum absolute atomic E-state index is 11.3. The summed E-state index contributed by atoms with van der Waals surface area (Å²) in [4.78, 5) is 11.3. The second-order valence-electron chi connectivity index (χ2n) is 2.73. The van der Waals surface area contributed by atoms with Crippen LogP contribution < -0.4 is 0 Å². The van der Waals surface area contributed by atoms with Gasteiger partial charge in [-0.25, -0.2) is 13.2 Å². The van der Waals surface area contributed by atoms with Crippen LogP contribution in [0.1, 0.15) is 23.7 Å². The maximum Gasteiger partial charge on any atom is 0.339 e. The van der Waals surface area contributed by atoms with E-state index in [0.29, 0.717) is 6.61 Å². The van der Waals surface area contributed by atoms with Gasteiger partial charge >= 0.3 is 5.97 Å². The number of rotatable bonds is 4. The van der Waals surface area contributed by atoms with Gasteiger partial charge in [0.1, 0.15) is 4.21 Å². The molecule has 1 aromatic rings. The van der Waals surface area contributed by atoms with Crippen molar-refractivity contribution in [2.24, 2.45) is 0 Å². The molecule has 7 heteroatoms. The van der Waals surface area contributed by atoms with E-state index in [1.54, 1.807) is 0 Å². The zero-order chi connectivity index (χ0) is 11.5. The number of hydrogen-bond acceptors (Lipinski definition) is 5. The Morgan fingerprint density at radius 3 is 2.73 bits per heavy atom. The van der Waals surface area contributed by atoms with Gasteiger partial charge in [0.25, 0.3) is 9.05 Å². The molecule has 84 valence electrons. The highest BCUT2D eigenvalue weighted by molar-refractivity contribution is 8.15. The second-order valence-corrected chi connectivity index (χ2v) is 6.43. The van der Waals surface area contributed by atoms with Gasteiger partial charge in [-0.1, -0.05) is 6.92 Å². The molecule has 0 aliphatic carbocycles. The SMILES string of the molecule is CCCOC(=O)c1csc(S(=O)(=O)Cl)c1. The van der Waals surface area contributed by atoms with Crippen molar-refractivity contribution < 1.29 is 17.9 Å². The first kappa shape index (κ1) is 12.5. The van der Waals surface area contributed by atoms with E-state index < -0.39 is 15.0 Å². The average molecular weight is 269 g/mol. The molecule has 0 spiro atoms. The summed E-state index contributed by atoms with van der Waals surface area (Å²) in [5.74, 6) is -0.528. The summed E-state index contributed by atoms with van der Waals surface area (Å²) >= 11 is 0.898. The zero-order valence-electron chi connectivity index (χ0n) is 7.90. The summed E-state index contributed by atoms with van der Waals surface area (Å²) in [7, 11) is 1.36. The van der Waals surface area contributed by atoms with Crippen molar-refractivity contribution >= 4 is 37.0 Å². The smallest absolute Gasteiger partial charge is 0.339 e. The molecule has 0 amide bonds. The first-order chi connectivity index (χ1) is 6.95. The molecule has 0 unspecified atom stereocenters. The molecule has 0 radical (unpaired) electrons. The number of halogens is 1. The first-order valence-electron chi connectivity index (χ1n) is 4.15. The fourth-order valence-corrected chi connectivity index (χ4v) is 2.76. The molecule has 1 aromatic heterocycles. The van der Waals surface area contributed by atoms with Gasteiger partial charge in [0.05, 0.1) is 12.2 Å². The molecule has 4 nitrogen and oxygen atoms in total. The highest BCUT2D eigenvalue weighted by Crippen LogP contribution is 2.24. The number of thiophene rings is 1. The Morgan fingerprint density at radius 1 is 1.60 bits per heavy atom. The van der Waals surface area contributed by atoms with Crippen LogP contribution in [0.4, 0.5) is 0 Å². The van der Waals surface area contributed by atoms with E-state index in [-0.39, 0.29) is 9.77 Å². The Balaban J connectivity index is 2.81. The van der Waals surface area contributed by atoms with Crippen molar-refractivity contribution in [3.05, 3.63) is 17.0 Å². The fraction of sp³-hybridized carbons (Fsp3) is 0.375. The molecule has 0 fully saturated rings. The van der Waals surface area contributed by atoms with Gasteiger partial charge in [-0.3, -0.25) is 0 Å². The van der Waals surface area contributed by atoms with E-state index in [1.165, 1.54) is 11.4 Å². The van der Waals surface area contributed by atoms with Crippen LogP contribution >= 0.6 is 22.0 Å². The van der Waals surface area contributed by atoms with Crippen LogP contribution in [-0.2, 0) is 13.8 Å². The van der Waals surface area contributed by atoms with Crippen molar-refractivity contribution in [1.82, 2.24) is 0 Å². The lowest BCUT2D eigenvalue weighted by Crippen LogP contribution is -2.04. The molecular formula is C8H9ClO4S2. The minimum absolute atomic E-state index is 0.0485. The van der Waals surface area contributed by atoms with Crippen LogP contribution in [0.25, 0.3) is 0 Å². The quantitative estimate of drug-likeness (QED) is 0.621. The van der Waals surface area contributed by atoms with E-state index in [1.807, 2.05) is 6.92 Å². The van der Waals surface area contributed by atoms with Gasteiger partial charge in [-0.05, 0) is 12.5 Å². The molecule has 1 heterocycles. The van der Waals surface area contributed by atoms with E-state index in [0.717, 1.165) is 17.8 Å². The molecule has 0 aliphatic rings. The zero-order valence-corrected chi connectivity index (χ0v) is 10.3. The summed E-state index contributed by atoms with van der Waals surface area (Å²) in [5.41, 5.74) is 0.215. The van der Waals surface area contributed by atoms with Crippen molar-refractivity contribution in [2.75, 3.05) is 6.61 Å².